The van der Waals surface area contributed by atoms with Crippen LogP contribution in [-0.2, 0) is 14.9 Å². The molecule has 0 radical (unpaired) electrons. The Labute approximate surface area is 159 Å². The van der Waals surface area contributed by atoms with Crippen LogP contribution in [0.2, 0.25) is 10.0 Å². The van der Waals surface area contributed by atoms with E-state index in [4.69, 9.17) is 27.9 Å². The van der Waals surface area contributed by atoms with Gasteiger partial charge in [0, 0.05) is 23.4 Å². The first kappa shape index (κ1) is 17.7. The summed E-state index contributed by atoms with van der Waals surface area (Å²) in [5, 5.41) is 3.86. The molecule has 3 rings (SSSR count). The zero-order chi connectivity index (χ0) is 17.2. The maximum Gasteiger partial charge on any atom is 0.235 e. The van der Waals surface area contributed by atoms with E-state index in [1.807, 2.05) is 24.3 Å². The van der Waals surface area contributed by atoms with Gasteiger partial charge in [0.25, 0.3) is 0 Å². The lowest BCUT2D eigenvalue weighted by Gasteiger charge is -2.36. The van der Waals surface area contributed by atoms with Crippen LogP contribution in [0.5, 0.6) is 0 Å². The van der Waals surface area contributed by atoms with Crippen molar-refractivity contribution < 1.29 is 9.53 Å². The van der Waals surface area contributed by atoms with Gasteiger partial charge >= 0.3 is 0 Å². The Morgan fingerprint density at radius 1 is 1.04 bits per heavy atom. The molecule has 1 saturated heterocycles. The molecule has 0 aromatic heterocycles. The molecule has 0 unspecified atom stereocenters. The van der Waals surface area contributed by atoms with Crippen molar-refractivity contribution in [2.24, 2.45) is 0 Å². The van der Waals surface area contributed by atoms with Crippen molar-refractivity contribution in [2.75, 3.05) is 18.5 Å². The summed E-state index contributed by atoms with van der Waals surface area (Å²) >= 11 is 15.4. The lowest BCUT2D eigenvalue weighted by atomic mass is 9.73. The zero-order valence-corrected chi connectivity index (χ0v) is 15.9. The molecular weight excluding hydrogens is 413 g/mol. The lowest BCUT2D eigenvalue weighted by molar-refractivity contribution is -0.125. The summed E-state index contributed by atoms with van der Waals surface area (Å²) in [6, 6.07) is 13.0. The number of carbonyl (C=O) groups is 1. The van der Waals surface area contributed by atoms with E-state index in [9.17, 15) is 4.79 Å². The number of carbonyl (C=O) groups excluding carboxylic acids is 1. The number of nitrogens with one attached hydrogen (secondary N) is 1. The predicted molar refractivity (Wildman–Crippen MR) is 101 cm³/mol. The van der Waals surface area contributed by atoms with Gasteiger partial charge in [0.05, 0.1) is 15.5 Å². The molecule has 1 heterocycles. The monoisotopic (exact) mass is 427 g/mol. The Balaban J connectivity index is 1.91. The second-order valence-electron chi connectivity index (χ2n) is 5.78. The van der Waals surface area contributed by atoms with E-state index in [0.717, 1.165) is 10.0 Å². The average Bonchev–Trinajstić information content (AvgIpc) is 2.59. The molecule has 0 bridgehead atoms. The molecular formula is C18H16BrCl2NO2. The summed E-state index contributed by atoms with van der Waals surface area (Å²) in [5.74, 6) is -0.0495. The Hall–Kier alpha value is -1.07. The molecule has 0 aliphatic carbocycles. The first-order chi connectivity index (χ1) is 11.5. The Kier molecular flexibility index (Phi) is 5.50. The van der Waals surface area contributed by atoms with E-state index in [2.05, 4.69) is 21.2 Å². The van der Waals surface area contributed by atoms with Crippen molar-refractivity contribution in [3.05, 3.63) is 62.5 Å². The molecule has 6 heteroatoms. The Morgan fingerprint density at radius 2 is 1.71 bits per heavy atom. The molecule has 24 heavy (non-hydrogen) atoms. The highest BCUT2D eigenvalue weighted by Crippen LogP contribution is 2.37. The molecule has 3 nitrogen and oxygen atoms in total. The fraction of sp³-hybridized carbons (Fsp3) is 0.278. The molecule has 1 aliphatic heterocycles. The van der Waals surface area contributed by atoms with Crippen LogP contribution in [0.3, 0.4) is 0 Å². The number of hydrogen-bond donors (Lipinski definition) is 1. The summed E-state index contributed by atoms with van der Waals surface area (Å²) in [6.45, 7) is 1.12. The smallest absolute Gasteiger partial charge is 0.235 e. The predicted octanol–water partition coefficient (Wildman–Crippen LogP) is 5.44. The van der Waals surface area contributed by atoms with Crippen molar-refractivity contribution in [1.82, 2.24) is 0 Å². The number of hydrogen-bond acceptors (Lipinski definition) is 2. The molecule has 126 valence electrons. The van der Waals surface area contributed by atoms with Crippen LogP contribution in [0.1, 0.15) is 18.4 Å². The highest BCUT2D eigenvalue weighted by Gasteiger charge is 2.41. The van der Waals surface area contributed by atoms with Crippen LogP contribution in [-0.4, -0.2) is 19.1 Å². The maximum absolute atomic E-state index is 13.1. The van der Waals surface area contributed by atoms with Crippen molar-refractivity contribution in [3.63, 3.8) is 0 Å². The zero-order valence-electron chi connectivity index (χ0n) is 12.8. The number of benzene rings is 2. The molecule has 1 fully saturated rings. The highest BCUT2D eigenvalue weighted by atomic mass is 79.9. The first-order valence-electron chi connectivity index (χ1n) is 7.61. The molecule has 1 amide bonds. The van der Waals surface area contributed by atoms with Gasteiger partial charge in [-0.15, -0.1) is 0 Å². The van der Waals surface area contributed by atoms with Crippen molar-refractivity contribution in [2.45, 2.75) is 18.3 Å². The van der Waals surface area contributed by atoms with Gasteiger partial charge in [-0.25, -0.2) is 0 Å². The van der Waals surface area contributed by atoms with Crippen LogP contribution in [0.15, 0.2) is 46.9 Å². The Bertz CT molecular complexity index is 743. The van der Waals surface area contributed by atoms with E-state index in [-0.39, 0.29) is 5.91 Å². The fourth-order valence-corrected chi connectivity index (χ4v) is 3.52. The third-order valence-corrected chi connectivity index (χ3v) is 5.62. The highest BCUT2D eigenvalue weighted by molar-refractivity contribution is 9.10. The topological polar surface area (TPSA) is 38.3 Å². The van der Waals surface area contributed by atoms with E-state index in [1.165, 1.54) is 0 Å². The van der Waals surface area contributed by atoms with Crippen LogP contribution < -0.4 is 5.32 Å². The number of rotatable bonds is 3. The minimum absolute atomic E-state index is 0.0495. The van der Waals surface area contributed by atoms with Gasteiger partial charge in [-0.1, -0.05) is 51.3 Å². The maximum atomic E-state index is 13.1. The largest absolute Gasteiger partial charge is 0.381 e. The van der Waals surface area contributed by atoms with Gasteiger partial charge in [0.15, 0.2) is 0 Å². The molecule has 2 aromatic carbocycles. The average molecular weight is 429 g/mol. The van der Waals surface area contributed by atoms with E-state index in [1.54, 1.807) is 18.2 Å². The summed E-state index contributed by atoms with van der Waals surface area (Å²) in [5.41, 5.74) is 1.02. The SMILES string of the molecule is O=C(Nc1ccc(Cl)c(Cl)c1)C1(c2ccc(Br)cc2)CCOCC1. The van der Waals surface area contributed by atoms with Crippen LogP contribution in [0.25, 0.3) is 0 Å². The third-order valence-electron chi connectivity index (χ3n) is 4.36. The van der Waals surface area contributed by atoms with Crippen molar-refractivity contribution in [3.8, 4) is 0 Å². The molecule has 0 spiro atoms. The van der Waals surface area contributed by atoms with Gasteiger partial charge in [-0.2, -0.15) is 0 Å². The minimum Gasteiger partial charge on any atom is -0.381 e. The molecule has 1 N–H and O–H groups in total. The number of halogens is 3. The second kappa shape index (κ2) is 7.44. The fourth-order valence-electron chi connectivity index (χ4n) is 2.96. The summed E-state index contributed by atoms with van der Waals surface area (Å²) in [4.78, 5) is 13.1. The summed E-state index contributed by atoms with van der Waals surface area (Å²) in [6.07, 6.45) is 1.28. The van der Waals surface area contributed by atoms with Gasteiger partial charge < -0.3 is 10.1 Å². The van der Waals surface area contributed by atoms with Gasteiger partial charge in [0.1, 0.15) is 0 Å². The lowest BCUT2D eigenvalue weighted by Crippen LogP contribution is -2.44. The van der Waals surface area contributed by atoms with E-state index in [0.29, 0.717) is 41.8 Å². The van der Waals surface area contributed by atoms with Crippen molar-refractivity contribution in [1.29, 1.82) is 0 Å². The normalized spacial score (nSPS) is 16.6. The summed E-state index contributed by atoms with van der Waals surface area (Å²) < 4.78 is 6.46. The first-order valence-corrected chi connectivity index (χ1v) is 9.16. The Morgan fingerprint density at radius 3 is 2.33 bits per heavy atom. The van der Waals surface area contributed by atoms with Crippen LogP contribution >= 0.6 is 39.1 Å². The third kappa shape index (κ3) is 3.62. The summed E-state index contributed by atoms with van der Waals surface area (Å²) in [7, 11) is 0. The number of anilines is 1. The van der Waals surface area contributed by atoms with E-state index < -0.39 is 5.41 Å². The van der Waals surface area contributed by atoms with E-state index >= 15 is 0 Å². The van der Waals surface area contributed by atoms with Gasteiger partial charge in [-0.3, -0.25) is 4.79 Å². The van der Waals surface area contributed by atoms with Crippen LogP contribution in [0, 0.1) is 0 Å². The number of amides is 1. The second-order valence-corrected chi connectivity index (χ2v) is 7.51. The number of ether oxygens (including phenoxy) is 1. The standard InChI is InChI=1S/C18H16BrCl2NO2/c19-13-3-1-12(2-4-13)18(7-9-24-10-8-18)17(23)22-14-5-6-15(20)16(21)11-14/h1-6,11H,7-10H2,(H,22,23). The quantitative estimate of drug-likeness (QED) is 0.706. The molecule has 2 aromatic rings. The molecule has 1 aliphatic rings. The minimum atomic E-state index is -0.606. The van der Waals surface area contributed by atoms with Crippen molar-refractivity contribution >= 4 is 50.7 Å². The van der Waals surface area contributed by atoms with Gasteiger partial charge in [0.2, 0.25) is 5.91 Å². The molecule has 0 saturated carbocycles. The molecule has 0 atom stereocenters. The van der Waals surface area contributed by atoms with Gasteiger partial charge in [-0.05, 0) is 48.7 Å². The van der Waals surface area contributed by atoms with Crippen LogP contribution in [0.4, 0.5) is 5.69 Å².